The number of nitrogens with one attached hydrogen (secondary N) is 1. The van der Waals surface area contributed by atoms with Crippen LogP contribution in [0.15, 0.2) is 11.4 Å². The molecule has 2 rings (SSSR count). The van der Waals surface area contributed by atoms with Crippen LogP contribution < -0.4 is 5.32 Å². The second kappa shape index (κ2) is 7.23. The van der Waals surface area contributed by atoms with Gasteiger partial charge in [-0.25, -0.2) is 0 Å². The molecule has 1 N–H and O–H groups in total. The summed E-state index contributed by atoms with van der Waals surface area (Å²) in [5.41, 5.74) is 1.19. The Balaban J connectivity index is 2.09. The van der Waals surface area contributed by atoms with E-state index in [1.54, 1.807) is 11.3 Å². The molecule has 20 heavy (non-hydrogen) atoms. The van der Waals surface area contributed by atoms with E-state index in [1.165, 1.54) is 18.4 Å². The van der Waals surface area contributed by atoms with Crippen LogP contribution in [0.1, 0.15) is 48.8 Å². The molecule has 0 aromatic carbocycles. The van der Waals surface area contributed by atoms with Crippen LogP contribution in [0.2, 0.25) is 0 Å². The van der Waals surface area contributed by atoms with E-state index in [4.69, 9.17) is 0 Å². The molecule has 4 heteroatoms. The summed E-state index contributed by atoms with van der Waals surface area (Å²) in [5.74, 6) is 0.817. The van der Waals surface area contributed by atoms with Crippen molar-refractivity contribution in [3.8, 4) is 0 Å². The first-order chi connectivity index (χ1) is 9.63. The van der Waals surface area contributed by atoms with Crippen molar-refractivity contribution in [3.63, 3.8) is 0 Å². The Labute approximate surface area is 126 Å². The maximum Gasteiger partial charge on any atom is 0.264 e. The van der Waals surface area contributed by atoms with Crippen molar-refractivity contribution in [2.24, 2.45) is 5.92 Å². The lowest BCUT2D eigenvalue weighted by atomic mass is 9.98. The molecule has 0 spiro atoms. The maximum atomic E-state index is 12.8. The van der Waals surface area contributed by atoms with Crippen molar-refractivity contribution >= 4 is 17.2 Å². The SMILES string of the molecule is CCc1ccsc1C(=O)N(CC1CCCNC1)C(C)C. The van der Waals surface area contributed by atoms with Crippen LogP contribution in [0.3, 0.4) is 0 Å². The summed E-state index contributed by atoms with van der Waals surface area (Å²) in [6.45, 7) is 9.40. The lowest BCUT2D eigenvalue weighted by molar-refractivity contribution is 0.0665. The fraction of sp³-hybridized carbons (Fsp3) is 0.688. The number of hydrogen-bond acceptors (Lipinski definition) is 3. The number of aryl methyl sites for hydroxylation is 1. The monoisotopic (exact) mass is 294 g/mol. The molecule has 1 aromatic heterocycles. The number of piperidine rings is 1. The minimum Gasteiger partial charge on any atom is -0.335 e. The Morgan fingerprint density at radius 3 is 2.95 bits per heavy atom. The average Bonchev–Trinajstić information content (AvgIpc) is 2.93. The smallest absolute Gasteiger partial charge is 0.264 e. The number of amides is 1. The first-order valence-electron chi connectivity index (χ1n) is 7.71. The third-order valence-electron chi connectivity index (χ3n) is 4.06. The molecule has 1 fully saturated rings. The molecular weight excluding hydrogens is 268 g/mol. The van der Waals surface area contributed by atoms with Crippen LogP contribution in [0, 0.1) is 5.92 Å². The molecule has 1 amide bonds. The van der Waals surface area contributed by atoms with Gasteiger partial charge in [0.15, 0.2) is 0 Å². The van der Waals surface area contributed by atoms with Crippen molar-refractivity contribution < 1.29 is 4.79 Å². The molecule has 112 valence electrons. The largest absolute Gasteiger partial charge is 0.335 e. The van der Waals surface area contributed by atoms with E-state index in [1.807, 2.05) is 5.38 Å². The Hall–Kier alpha value is -0.870. The number of hydrogen-bond donors (Lipinski definition) is 1. The summed E-state index contributed by atoms with van der Waals surface area (Å²) in [7, 11) is 0. The van der Waals surface area contributed by atoms with Gasteiger partial charge in [0.05, 0.1) is 4.88 Å². The predicted octanol–water partition coefficient (Wildman–Crippen LogP) is 3.16. The van der Waals surface area contributed by atoms with Crippen LogP contribution in [0.25, 0.3) is 0 Å². The summed E-state index contributed by atoms with van der Waals surface area (Å²) < 4.78 is 0. The van der Waals surface area contributed by atoms with E-state index in [-0.39, 0.29) is 11.9 Å². The Kier molecular flexibility index (Phi) is 5.61. The number of thiophene rings is 1. The predicted molar refractivity (Wildman–Crippen MR) is 85.5 cm³/mol. The van der Waals surface area contributed by atoms with E-state index < -0.39 is 0 Å². The van der Waals surface area contributed by atoms with Crippen molar-refractivity contribution in [2.45, 2.75) is 46.1 Å². The zero-order chi connectivity index (χ0) is 14.5. The van der Waals surface area contributed by atoms with Crippen molar-refractivity contribution in [3.05, 3.63) is 21.9 Å². The van der Waals surface area contributed by atoms with Gasteiger partial charge in [-0.1, -0.05) is 6.92 Å². The average molecular weight is 294 g/mol. The van der Waals surface area contributed by atoms with Gasteiger partial charge >= 0.3 is 0 Å². The highest BCUT2D eigenvalue weighted by molar-refractivity contribution is 7.12. The molecule has 1 atom stereocenters. The first kappa shape index (κ1) is 15.5. The zero-order valence-electron chi connectivity index (χ0n) is 12.8. The van der Waals surface area contributed by atoms with Crippen molar-refractivity contribution in [1.82, 2.24) is 10.2 Å². The van der Waals surface area contributed by atoms with Crippen LogP contribution in [0.4, 0.5) is 0 Å². The van der Waals surface area contributed by atoms with Crippen LogP contribution >= 0.6 is 11.3 Å². The fourth-order valence-corrected chi connectivity index (χ4v) is 3.77. The molecule has 0 saturated carbocycles. The summed E-state index contributed by atoms with van der Waals surface area (Å²) in [6.07, 6.45) is 3.39. The van der Waals surface area contributed by atoms with E-state index >= 15 is 0 Å². The lowest BCUT2D eigenvalue weighted by Crippen LogP contribution is -2.44. The fourth-order valence-electron chi connectivity index (χ4n) is 2.82. The Morgan fingerprint density at radius 2 is 2.35 bits per heavy atom. The third kappa shape index (κ3) is 3.61. The third-order valence-corrected chi connectivity index (χ3v) is 5.00. The van der Waals surface area contributed by atoms with Gasteiger partial charge in [-0.05, 0) is 69.1 Å². The number of carbonyl (C=O) groups excluding carboxylic acids is 1. The number of rotatable bonds is 5. The van der Waals surface area contributed by atoms with E-state index in [0.717, 1.165) is 30.9 Å². The van der Waals surface area contributed by atoms with E-state index in [2.05, 4.69) is 37.1 Å². The molecular formula is C16H26N2OS. The first-order valence-corrected chi connectivity index (χ1v) is 8.59. The molecule has 1 unspecified atom stereocenters. The Bertz CT molecular complexity index is 435. The molecule has 3 nitrogen and oxygen atoms in total. The van der Waals surface area contributed by atoms with Gasteiger partial charge in [-0.2, -0.15) is 0 Å². The van der Waals surface area contributed by atoms with E-state index in [9.17, 15) is 4.79 Å². The van der Waals surface area contributed by atoms with Gasteiger partial charge in [0.2, 0.25) is 0 Å². The van der Waals surface area contributed by atoms with Crippen LogP contribution in [-0.4, -0.2) is 36.5 Å². The minimum absolute atomic E-state index is 0.220. The normalized spacial score (nSPS) is 19.3. The summed E-state index contributed by atoms with van der Waals surface area (Å²) in [5, 5.41) is 5.47. The van der Waals surface area contributed by atoms with Gasteiger partial charge in [0.1, 0.15) is 0 Å². The molecule has 1 aromatic rings. The van der Waals surface area contributed by atoms with Crippen LogP contribution in [0.5, 0.6) is 0 Å². The zero-order valence-corrected chi connectivity index (χ0v) is 13.6. The minimum atomic E-state index is 0.220. The molecule has 1 saturated heterocycles. The summed E-state index contributed by atoms with van der Waals surface area (Å²) in [6, 6.07) is 2.34. The maximum absolute atomic E-state index is 12.8. The lowest BCUT2D eigenvalue weighted by Gasteiger charge is -2.33. The topological polar surface area (TPSA) is 32.3 Å². The van der Waals surface area contributed by atoms with Gasteiger partial charge in [0.25, 0.3) is 5.91 Å². The molecule has 0 bridgehead atoms. The van der Waals surface area contributed by atoms with Crippen molar-refractivity contribution in [2.75, 3.05) is 19.6 Å². The van der Waals surface area contributed by atoms with Gasteiger partial charge in [-0.15, -0.1) is 11.3 Å². The summed E-state index contributed by atoms with van der Waals surface area (Å²) >= 11 is 1.58. The number of nitrogens with zero attached hydrogens (tertiary/aromatic N) is 1. The molecule has 0 aliphatic carbocycles. The second-order valence-corrected chi connectivity index (χ2v) is 6.81. The summed E-state index contributed by atoms with van der Waals surface area (Å²) in [4.78, 5) is 15.8. The molecule has 0 radical (unpaired) electrons. The second-order valence-electron chi connectivity index (χ2n) is 5.89. The molecule has 2 heterocycles. The van der Waals surface area contributed by atoms with Crippen LogP contribution in [-0.2, 0) is 6.42 Å². The molecule has 1 aliphatic rings. The van der Waals surface area contributed by atoms with Gasteiger partial charge in [0, 0.05) is 12.6 Å². The highest BCUT2D eigenvalue weighted by atomic mass is 32.1. The molecule has 1 aliphatic heterocycles. The number of carbonyl (C=O) groups is 1. The Morgan fingerprint density at radius 1 is 1.55 bits per heavy atom. The quantitative estimate of drug-likeness (QED) is 0.904. The van der Waals surface area contributed by atoms with Crippen molar-refractivity contribution in [1.29, 1.82) is 0 Å². The van der Waals surface area contributed by atoms with Gasteiger partial charge in [-0.3, -0.25) is 4.79 Å². The van der Waals surface area contributed by atoms with Gasteiger partial charge < -0.3 is 10.2 Å². The highest BCUT2D eigenvalue weighted by Crippen LogP contribution is 2.22. The van der Waals surface area contributed by atoms with E-state index in [0.29, 0.717) is 5.92 Å². The highest BCUT2D eigenvalue weighted by Gasteiger charge is 2.25. The standard InChI is InChI=1S/C16H26N2OS/c1-4-14-7-9-20-15(14)16(19)18(12(2)3)11-13-6-5-8-17-10-13/h7,9,12-13,17H,4-6,8,10-11H2,1-3H3.